The monoisotopic (exact) mass is 261 g/mol. The van der Waals surface area contributed by atoms with Crippen LogP contribution in [0.5, 0.6) is 0 Å². The fourth-order valence-corrected chi connectivity index (χ4v) is 3.80. The van der Waals surface area contributed by atoms with Gasteiger partial charge >= 0.3 is 0 Å². The Morgan fingerprint density at radius 2 is 2.28 bits per heavy atom. The van der Waals surface area contributed by atoms with Crippen LogP contribution in [0.1, 0.15) is 18.9 Å². The highest BCUT2D eigenvalue weighted by Gasteiger charge is 2.30. The van der Waals surface area contributed by atoms with Crippen LogP contribution in [0.2, 0.25) is 0 Å². The van der Waals surface area contributed by atoms with Gasteiger partial charge in [-0.15, -0.1) is 11.3 Å². The third-order valence-corrected chi connectivity index (χ3v) is 4.90. The Bertz CT molecular complexity index is 536. The molecule has 2 aromatic rings. The second-order valence-electron chi connectivity index (χ2n) is 5.23. The molecule has 1 aromatic heterocycles. The van der Waals surface area contributed by atoms with Crippen LogP contribution >= 0.6 is 11.3 Å². The Morgan fingerprint density at radius 3 is 3.06 bits per heavy atom. The first-order chi connectivity index (χ1) is 8.75. The van der Waals surface area contributed by atoms with Crippen molar-refractivity contribution < 1.29 is 4.74 Å². The zero-order valence-corrected chi connectivity index (χ0v) is 11.5. The van der Waals surface area contributed by atoms with E-state index in [4.69, 9.17) is 10.5 Å². The van der Waals surface area contributed by atoms with Crippen LogP contribution in [0.25, 0.3) is 10.1 Å². The molecule has 2 nitrogen and oxygen atoms in total. The van der Waals surface area contributed by atoms with Crippen molar-refractivity contribution in [2.24, 2.45) is 11.7 Å². The molecule has 0 radical (unpaired) electrons. The molecule has 1 fully saturated rings. The number of nitrogens with two attached hydrogens (primary N) is 1. The van der Waals surface area contributed by atoms with E-state index in [0.717, 1.165) is 19.4 Å². The molecular weight excluding hydrogens is 242 g/mol. The summed E-state index contributed by atoms with van der Waals surface area (Å²) in [6.45, 7) is 3.10. The molecule has 0 bridgehead atoms. The molecule has 2 heterocycles. The van der Waals surface area contributed by atoms with E-state index in [0.29, 0.717) is 5.92 Å². The highest BCUT2D eigenvalue weighted by Crippen LogP contribution is 2.29. The highest BCUT2D eigenvalue weighted by molar-refractivity contribution is 7.17. The van der Waals surface area contributed by atoms with Crippen LogP contribution in [0, 0.1) is 5.92 Å². The second kappa shape index (κ2) is 5.00. The van der Waals surface area contributed by atoms with Crippen molar-refractivity contribution in [3.63, 3.8) is 0 Å². The molecule has 3 unspecified atom stereocenters. The van der Waals surface area contributed by atoms with Crippen molar-refractivity contribution in [1.29, 1.82) is 0 Å². The highest BCUT2D eigenvalue weighted by atomic mass is 32.1. The van der Waals surface area contributed by atoms with Gasteiger partial charge in [0.25, 0.3) is 0 Å². The van der Waals surface area contributed by atoms with Crippen molar-refractivity contribution in [2.45, 2.75) is 31.9 Å². The fourth-order valence-electron chi connectivity index (χ4n) is 2.83. The quantitative estimate of drug-likeness (QED) is 0.921. The van der Waals surface area contributed by atoms with E-state index >= 15 is 0 Å². The summed E-state index contributed by atoms with van der Waals surface area (Å²) in [5.74, 6) is 0.588. The van der Waals surface area contributed by atoms with Crippen LogP contribution in [-0.2, 0) is 11.2 Å². The third kappa shape index (κ3) is 2.18. The molecule has 0 saturated carbocycles. The molecule has 1 saturated heterocycles. The lowest BCUT2D eigenvalue weighted by Crippen LogP contribution is -2.39. The molecule has 96 valence electrons. The maximum absolute atomic E-state index is 6.33. The molecule has 3 atom stereocenters. The van der Waals surface area contributed by atoms with Crippen LogP contribution in [0.3, 0.4) is 0 Å². The third-order valence-electron chi connectivity index (χ3n) is 3.88. The van der Waals surface area contributed by atoms with E-state index in [1.54, 1.807) is 11.3 Å². The van der Waals surface area contributed by atoms with Gasteiger partial charge in [-0.1, -0.05) is 25.1 Å². The Kier molecular flexibility index (Phi) is 3.37. The average molecular weight is 261 g/mol. The lowest BCUT2D eigenvalue weighted by atomic mass is 9.93. The topological polar surface area (TPSA) is 35.2 Å². The van der Waals surface area contributed by atoms with Gasteiger partial charge < -0.3 is 10.5 Å². The van der Waals surface area contributed by atoms with Gasteiger partial charge in [-0.3, -0.25) is 0 Å². The van der Waals surface area contributed by atoms with Gasteiger partial charge in [-0.25, -0.2) is 0 Å². The molecular formula is C15H19NOS. The van der Waals surface area contributed by atoms with Crippen LogP contribution in [0.4, 0.5) is 0 Å². The SMILES string of the molecule is CC1CCOC1C(N)Cc1csc2ccccc12. The van der Waals surface area contributed by atoms with Gasteiger partial charge in [0.2, 0.25) is 0 Å². The van der Waals surface area contributed by atoms with Crippen LogP contribution in [0.15, 0.2) is 29.6 Å². The van der Waals surface area contributed by atoms with E-state index in [1.165, 1.54) is 15.6 Å². The number of ether oxygens (including phenoxy) is 1. The molecule has 0 spiro atoms. The second-order valence-corrected chi connectivity index (χ2v) is 6.14. The minimum atomic E-state index is 0.112. The Hall–Kier alpha value is -0.900. The summed E-state index contributed by atoms with van der Waals surface area (Å²) in [6.07, 6.45) is 2.28. The van der Waals surface area contributed by atoms with Gasteiger partial charge in [-0.05, 0) is 41.2 Å². The molecule has 3 rings (SSSR count). The fraction of sp³-hybridized carbons (Fsp3) is 0.467. The molecule has 1 aliphatic rings. The maximum atomic E-state index is 6.33. The lowest BCUT2D eigenvalue weighted by molar-refractivity contribution is 0.0727. The maximum Gasteiger partial charge on any atom is 0.0755 e. The van der Waals surface area contributed by atoms with Crippen molar-refractivity contribution in [2.75, 3.05) is 6.61 Å². The first kappa shape index (κ1) is 12.2. The summed E-state index contributed by atoms with van der Waals surface area (Å²) in [5, 5.41) is 3.59. The first-order valence-electron chi connectivity index (χ1n) is 6.58. The zero-order valence-electron chi connectivity index (χ0n) is 10.6. The molecule has 2 N–H and O–H groups in total. The van der Waals surface area contributed by atoms with Crippen molar-refractivity contribution in [3.8, 4) is 0 Å². The standard InChI is InChI=1S/C15H19NOS/c1-10-6-7-17-15(10)13(16)8-11-9-18-14-5-3-2-4-12(11)14/h2-5,9-10,13,15H,6-8,16H2,1H3. The number of hydrogen-bond donors (Lipinski definition) is 1. The predicted octanol–water partition coefficient (Wildman–Crippen LogP) is 3.20. The van der Waals surface area contributed by atoms with E-state index in [9.17, 15) is 0 Å². The van der Waals surface area contributed by atoms with Gasteiger partial charge in [0.15, 0.2) is 0 Å². The zero-order chi connectivity index (χ0) is 12.5. The summed E-state index contributed by atoms with van der Waals surface area (Å²) in [4.78, 5) is 0. The van der Waals surface area contributed by atoms with Crippen molar-refractivity contribution in [3.05, 3.63) is 35.2 Å². The Labute approximate surface area is 112 Å². The summed E-state index contributed by atoms with van der Waals surface area (Å²) >= 11 is 1.80. The molecule has 18 heavy (non-hydrogen) atoms. The van der Waals surface area contributed by atoms with E-state index in [2.05, 4.69) is 36.6 Å². The summed E-state index contributed by atoms with van der Waals surface area (Å²) in [7, 11) is 0. The lowest BCUT2D eigenvalue weighted by Gasteiger charge is -2.22. The molecule has 0 amide bonds. The van der Waals surface area contributed by atoms with Crippen molar-refractivity contribution in [1.82, 2.24) is 0 Å². The molecule has 3 heteroatoms. The summed E-state index contributed by atoms with van der Waals surface area (Å²) < 4.78 is 7.11. The van der Waals surface area contributed by atoms with Gasteiger partial charge in [-0.2, -0.15) is 0 Å². The number of thiophene rings is 1. The van der Waals surface area contributed by atoms with E-state index in [-0.39, 0.29) is 12.1 Å². The first-order valence-corrected chi connectivity index (χ1v) is 7.46. The molecule has 0 aliphatic carbocycles. The van der Waals surface area contributed by atoms with Gasteiger partial charge in [0.05, 0.1) is 6.10 Å². The van der Waals surface area contributed by atoms with E-state index in [1.807, 2.05) is 0 Å². The van der Waals surface area contributed by atoms with E-state index < -0.39 is 0 Å². The Balaban J connectivity index is 1.79. The number of rotatable bonds is 3. The largest absolute Gasteiger partial charge is 0.376 e. The normalized spacial score (nSPS) is 25.7. The van der Waals surface area contributed by atoms with Gasteiger partial charge in [0, 0.05) is 17.3 Å². The minimum Gasteiger partial charge on any atom is -0.376 e. The summed E-state index contributed by atoms with van der Waals surface area (Å²) in [5.41, 5.74) is 7.70. The molecule has 1 aromatic carbocycles. The number of hydrogen-bond acceptors (Lipinski definition) is 3. The molecule has 1 aliphatic heterocycles. The predicted molar refractivity (Wildman–Crippen MR) is 77.0 cm³/mol. The smallest absolute Gasteiger partial charge is 0.0755 e. The average Bonchev–Trinajstić information content (AvgIpc) is 2.97. The Morgan fingerprint density at radius 1 is 1.44 bits per heavy atom. The van der Waals surface area contributed by atoms with Crippen molar-refractivity contribution >= 4 is 21.4 Å². The minimum absolute atomic E-state index is 0.112. The van der Waals surface area contributed by atoms with Gasteiger partial charge in [0.1, 0.15) is 0 Å². The number of benzene rings is 1. The number of fused-ring (bicyclic) bond motifs is 1. The van der Waals surface area contributed by atoms with Crippen LogP contribution in [-0.4, -0.2) is 18.8 Å². The van der Waals surface area contributed by atoms with Crippen LogP contribution < -0.4 is 5.73 Å². The summed E-state index contributed by atoms with van der Waals surface area (Å²) in [6, 6.07) is 8.65.